The summed E-state index contributed by atoms with van der Waals surface area (Å²) in [6, 6.07) is 20.5. The van der Waals surface area contributed by atoms with Crippen LogP contribution >= 0.6 is 11.6 Å². The van der Waals surface area contributed by atoms with Gasteiger partial charge in [0.05, 0.1) is 16.3 Å². The van der Waals surface area contributed by atoms with Crippen molar-refractivity contribution in [1.29, 1.82) is 0 Å². The zero-order valence-electron chi connectivity index (χ0n) is 19.5. The van der Waals surface area contributed by atoms with E-state index in [1.54, 1.807) is 54.6 Å². The van der Waals surface area contributed by atoms with E-state index >= 15 is 0 Å². The number of hydrogen-bond donors (Lipinski definition) is 1. The first-order valence-electron chi connectivity index (χ1n) is 11.2. The Morgan fingerprint density at radius 2 is 1.62 bits per heavy atom. The minimum Gasteiger partial charge on any atom is -0.410 e. The molecular formula is C28H21ClF4N2O2. The van der Waals surface area contributed by atoms with Gasteiger partial charge in [-0.05, 0) is 60.5 Å². The number of aromatic nitrogens is 1. The van der Waals surface area contributed by atoms with E-state index in [-0.39, 0.29) is 28.5 Å². The highest BCUT2D eigenvalue weighted by molar-refractivity contribution is 6.30. The van der Waals surface area contributed by atoms with Crippen molar-refractivity contribution in [3.8, 4) is 5.75 Å². The maximum absolute atomic E-state index is 14.6. The summed E-state index contributed by atoms with van der Waals surface area (Å²) < 4.78 is 61.1. The number of nitrogens with one attached hydrogen (secondary N) is 1. The van der Waals surface area contributed by atoms with Crippen LogP contribution in [0.25, 0.3) is 0 Å². The normalized spacial score (nSPS) is 13.0. The Morgan fingerprint density at radius 3 is 2.24 bits per heavy atom. The van der Waals surface area contributed by atoms with Crippen LogP contribution in [-0.2, 0) is 18.1 Å². The quantitative estimate of drug-likeness (QED) is 0.264. The molecule has 0 unspecified atom stereocenters. The minimum absolute atomic E-state index is 0.0633. The lowest BCUT2D eigenvalue weighted by Gasteiger charge is -2.35. The first-order chi connectivity index (χ1) is 17.5. The number of benzene rings is 3. The molecule has 4 rings (SSSR count). The molecule has 1 amide bonds. The van der Waals surface area contributed by atoms with Crippen molar-refractivity contribution < 1.29 is 27.1 Å². The van der Waals surface area contributed by atoms with Gasteiger partial charge in [0.15, 0.2) is 0 Å². The van der Waals surface area contributed by atoms with Gasteiger partial charge in [0, 0.05) is 12.6 Å². The molecule has 9 heteroatoms. The van der Waals surface area contributed by atoms with Crippen LogP contribution in [0.1, 0.15) is 27.9 Å². The number of nitrogens with zero attached hydrogens (tertiary/aromatic N) is 1. The minimum atomic E-state index is -4.83. The number of carbonyl (C=O) groups is 1. The highest BCUT2D eigenvalue weighted by atomic mass is 35.5. The van der Waals surface area contributed by atoms with E-state index in [1.807, 2.05) is 6.92 Å². The monoisotopic (exact) mass is 528 g/mol. The molecule has 1 atom stereocenters. The van der Waals surface area contributed by atoms with E-state index < -0.39 is 29.2 Å². The molecule has 0 saturated carbocycles. The number of halogens is 5. The van der Waals surface area contributed by atoms with Crippen LogP contribution < -0.4 is 10.1 Å². The second kappa shape index (κ2) is 10.6. The Kier molecular flexibility index (Phi) is 7.50. The molecule has 0 fully saturated rings. The van der Waals surface area contributed by atoms with Crippen LogP contribution in [0, 0.1) is 12.7 Å². The molecule has 3 aromatic carbocycles. The summed E-state index contributed by atoms with van der Waals surface area (Å²) in [5.74, 6) is -0.902. The Hall–Kier alpha value is -3.91. The third kappa shape index (κ3) is 6.27. The van der Waals surface area contributed by atoms with Gasteiger partial charge in [0.1, 0.15) is 17.1 Å². The van der Waals surface area contributed by atoms with Gasteiger partial charge in [-0.3, -0.25) is 4.98 Å². The number of alkyl halides is 3. The number of rotatable bonds is 6. The fourth-order valence-corrected chi connectivity index (χ4v) is 4.08. The number of carbonyl (C=O) groups excluding carboxylic acids is 1. The number of pyridine rings is 1. The molecule has 1 heterocycles. The summed E-state index contributed by atoms with van der Waals surface area (Å²) in [6.45, 7) is 1.86. The molecule has 0 aliphatic carbocycles. The summed E-state index contributed by atoms with van der Waals surface area (Å²) >= 11 is 6.02. The van der Waals surface area contributed by atoms with Crippen molar-refractivity contribution in [3.63, 3.8) is 0 Å². The molecule has 1 aromatic heterocycles. The summed E-state index contributed by atoms with van der Waals surface area (Å²) in [7, 11) is 0. The summed E-state index contributed by atoms with van der Waals surface area (Å²) in [4.78, 5) is 17.5. The molecule has 0 radical (unpaired) electrons. The lowest BCUT2D eigenvalue weighted by atomic mass is 9.80. The van der Waals surface area contributed by atoms with E-state index in [1.165, 1.54) is 18.3 Å². The van der Waals surface area contributed by atoms with E-state index in [9.17, 15) is 22.4 Å². The zero-order chi connectivity index (χ0) is 26.6. The third-order valence-electron chi connectivity index (χ3n) is 5.74. The molecule has 190 valence electrons. The predicted molar refractivity (Wildman–Crippen MR) is 132 cm³/mol. The van der Waals surface area contributed by atoms with E-state index in [0.29, 0.717) is 11.6 Å². The standard InChI is InChI=1S/C28H21ClF4N2O2/c1-18-7-10-24(11-8-18)37-26(36)35-27(16-19-5-3-2-4-6-19,25-12-9-22(29)17-34-25)20-13-21(28(31,32)33)15-23(30)14-20/h2-15,17H,16H2,1H3,(H,35,36)/t27-/m1/s1. The van der Waals surface area contributed by atoms with Gasteiger partial charge < -0.3 is 10.1 Å². The first kappa shape index (κ1) is 26.2. The Morgan fingerprint density at radius 1 is 0.946 bits per heavy atom. The molecule has 0 bridgehead atoms. The van der Waals surface area contributed by atoms with Crippen LogP contribution in [0.15, 0.2) is 91.1 Å². The average Bonchev–Trinajstić information content (AvgIpc) is 2.85. The second-order valence-corrected chi connectivity index (χ2v) is 8.92. The van der Waals surface area contributed by atoms with Gasteiger partial charge in [-0.15, -0.1) is 0 Å². The molecule has 0 saturated heterocycles. The molecule has 0 aliphatic heterocycles. The van der Waals surface area contributed by atoms with Gasteiger partial charge in [-0.1, -0.05) is 59.6 Å². The molecular weight excluding hydrogens is 508 g/mol. The highest BCUT2D eigenvalue weighted by Gasteiger charge is 2.41. The number of hydrogen-bond acceptors (Lipinski definition) is 3. The van der Waals surface area contributed by atoms with Crippen molar-refractivity contribution in [1.82, 2.24) is 10.3 Å². The van der Waals surface area contributed by atoms with Gasteiger partial charge in [-0.25, -0.2) is 9.18 Å². The fourth-order valence-electron chi connectivity index (χ4n) is 3.96. The number of aryl methyl sites for hydroxylation is 1. The maximum atomic E-state index is 14.6. The van der Waals surface area contributed by atoms with Gasteiger partial charge in [-0.2, -0.15) is 13.2 Å². The summed E-state index contributed by atoms with van der Waals surface area (Å²) in [5, 5.41) is 2.97. The zero-order valence-corrected chi connectivity index (χ0v) is 20.3. The van der Waals surface area contributed by atoms with Gasteiger partial charge in [0.2, 0.25) is 0 Å². The van der Waals surface area contributed by atoms with E-state index in [0.717, 1.165) is 17.7 Å². The average molecular weight is 529 g/mol. The molecule has 1 N–H and O–H groups in total. The van der Waals surface area contributed by atoms with E-state index in [2.05, 4.69) is 10.3 Å². The topological polar surface area (TPSA) is 51.2 Å². The van der Waals surface area contributed by atoms with Crippen LogP contribution in [0.3, 0.4) is 0 Å². The smallest absolute Gasteiger partial charge is 0.410 e. The van der Waals surface area contributed by atoms with Crippen molar-refractivity contribution >= 4 is 17.7 Å². The van der Waals surface area contributed by atoms with Crippen LogP contribution in [-0.4, -0.2) is 11.1 Å². The van der Waals surface area contributed by atoms with Gasteiger partial charge in [0.25, 0.3) is 0 Å². The number of ether oxygens (including phenoxy) is 1. The molecule has 37 heavy (non-hydrogen) atoms. The van der Waals surface area contributed by atoms with Crippen molar-refractivity contribution in [2.24, 2.45) is 0 Å². The Labute approximate surface area is 215 Å². The Balaban J connectivity index is 1.90. The molecule has 0 spiro atoms. The summed E-state index contributed by atoms with van der Waals surface area (Å²) in [5.41, 5.74) is -1.40. The van der Waals surface area contributed by atoms with Crippen LogP contribution in [0.5, 0.6) is 5.75 Å². The van der Waals surface area contributed by atoms with Crippen molar-refractivity contribution in [3.05, 3.63) is 130 Å². The van der Waals surface area contributed by atoms with Gasteiger partial charge >= 0.3 is 12.3 Å². The largest absolute Gasteiger partial charge is 0.416 e. The molecule has 4 nitrogen and oxygen atoms in total. The summed E-state index contributed by atoms with van der Waals surface area (Å²) in [6.07, 6.45) is -4.56. The Bertz CT molecular complexity index is 1380. The fraction of sp³-hybridized carbons (Fsp3) is 0.143. The highest BCUT2D eigenvalue weighted by Crippen LogP contribution is 2.38. The first-order valence-corrected chi connectivity index (χ1v) is 11.5. The van der Waals surface area contributed by atoms with E-state index in [4.69, 9.17) is 16.3 Å². The van der Waals surface area contributed by atoms with Crippen LogP contribution in [0.4, 0.5) is 22.4 Å². The molecule has 0 aliphatic rings. The molecule has 4 aromatic rings. The number of amides is 1. The lowest BCUT2D eigenvalue weighted by Crippen LogP contribution is -2.50. The maximum Gasteiger partial charge on any atom is 0.416 e. The van der Waals surface area contributed by atoms with Crippen LogP contribution in [0.2, 0.25) is 5.02 Å². The van der Waals surface area contributed by atoms with Crippen molar-refractivity contribution in [2.75, 3.05) is 0 Å². The third-order valence-corrected chi connectivity index (χ3v) is 5.97. The second-order valence-electron chi connectivity index (χ2n) is 8.48. The predicted octanol–water partition coefficient (Wildman–Crippen LogP) is 7.48. The van der Waals surface area contributed by atoms with Crippen molar-refractivity contribution in [2.45, 2.75) is 25.1 Å². The SMILES string of the molecule is Cc1ccc(OC(=O)N[C@](Cc2ccccc2)(c2cc(F)cc(C(F)(F)F)c2)c2ccc(Cl)cn2)cc1. The lowest BCUT2D eigenvalue weighted by molar-refractivity contribution is -0.137.